The zero-order valence-electron chi connectivity index (χ0n) is 17.0. The molecule has 2 spiro atoms. The van der Waals surface area contributed by atoms with Gasteiger partial charge >= 0.3 is 12.2 Å². The lowest BCUT2D eigenvalue weighted by Gasteiger charge is -2.61. The Hall–Kier alpha value is -2.26. The van der Waals surface area contributed by atoms with Gasteiger partial charge in [-0.3, -0.25) is 9.48 Å². The molecule has 30 heavy (non-hydrogen) atoms. The molecule has 0 unspecified atom stereocenters. The number of aromatic nitrogens is 2. The number of hydrogen-bond donors (Lipinski definition) is 1. The minimum atomic E-state index is -4.38. The van der Waals surface area contributed by atoms with Gasteiger partial charge in [-0.05, 0) is 44.1 Å². The van der Waals surface area contributed by atoms with Crippen LogP contribution >= 0.6 is 0 Å². The summed E-state index contributed by atoms with van der Waals surface area (Å²) in [4.78, 5) is 28.0. The second-order valence-corrected chi connectivity index (χ2v) is 9.80. The quantitative estimate of drug-likeness (QED) is 0.790. The molecular formula is C20H26F3N5O2. The Morgan fingerprint density at radius 1 is 1.23 bits per heavy atom. The topological polar surface area (TPSA) is 70.5 Å². The molecule has 164 valence electrons. The van der Waals surface area contributed by atoms with Gasteiger partial charge in [-0.2, -0.15) is 18.3 Å². The van der Waals surface area contributed by atoms with E-state index in [1.165, 1.54) is 7.05 Å². The molecule has 7 nitrogen and oxygen atoms in total. The summed E-state index contributed by atoms with van der Waals surface area (Å²) in [6.07, 6.45) is 0.394. The molecule has 1 aliphatic carbocycles. The number of carbonyl (C=O) groups is 2. The van der Waals surface area contributed by atoms with E-state index in [9.17, 15) is 22.8 Å². The normalized spacial score (nSPS) is 25.0. The van der Waals surface area contributed by atoms with E-state index < -0.39 is 11.9 Å². The molecule has 1 aromatic rings. The monoisotopic (exact) mass is 425 g/mol. The van der Waals surface area contributed by atoms with Crippen LogP contribution in [-0.4, -0.2) is 63.2 Å². The van der Waals surface area contributed by atoms with Gasteiger partial charge in [0.25, 0.3) is 0 Å². The highest BCUT2D eigenvalue weighted by atomic mass is 19.4. The molecule has 3 aliphatic heterocycles. The Morgan fingerprint density at radius 2 is 1.90 bits per heavy atom. The van der Waals surface area contributed by atoms with Crippen molar-refractivity contribution in [3.8, 4) is 0 Å². The molecule has 4 heterocycles. The van der Waals surface area contributed by atoms with E-state index in [-0.39, 0.29) is 22.9 Å². The first kappa shape index (κ1) is 19.7. The van der Waals surface area contributed by atoms with Gasteiger partial charge in [0, 0.05) is 45.1 Å². The number of urea groups is 1. The molecule has 1 saturated carbocycles. The van der Waals surface area contributed by atoms with Gasteiger partial charge in [0.05, 0.1) is 11.2 Å². The minimum Gasteiger partial charge on any atom is -0.347 e. The van der Waals surface area contributed by atoms with Gasteiger partial charge in [-0.25, -0.2) is 4.79 Å². The molecule has 1 N–H and O–H groups in total. The summed E-state index contributed by atoms with van der Waals surface area (Å²) in [5.74, 6) is 0.398. The largest absolute Gasteiger partial charge is 0.433 e. The first-order valence-electron chi connectivity index (χ1n) is 10.5. The summed E-state index contributed by atoms with van der Waals surface area (Å²) in [6, 6.07) is 1.18. The molecule has 5 rings (SSSR count). The molecule has 4 fully saturated rings. The molecule has 0 atom stereocenters. The van der Waals surface area contributed by atoms with Gasteiger partial charge < -0.3 is 15.1 Å². The van der Waals surface area contributed by atoms with Crippen LogP contribution in [0.25, 0.3) is 0 Å². The van der Waals surface area contributed by atoms with E-state index in [2.05, 4.69) is 10.4 Å². The number of likely N-dealkylation sites (tertiary alicyclic amines) is 2. The van der Waals surface area contributed by atoms with Crippen molar-refractivity contribution in [2.24, 2.45) is 18.4 Å². The van der Waals surface area contributed by atoms with Crippen molar-refractivity contribution < 1.29 is 22.8 Å². The lowest BCUT2D eigenvalue weighted by Crippen LogP contribution is -2.75. The molecule has 3 saturated heterocycles. The van der Waals surface area contributed by atoms with E-state index in [4.69, 9.17) is 0 Å². The highest BCUT2D eigenvalue weighted by Crippen LogP contribution is 2.53. The second-order valence-electron chi connectivity index (χ2n) is 9.80. The summed E-state index contributed by atoms with van der Waals surface area (Å²) in [7, 11) is 1.32. The number of hydrogen-bond acceptors (Lipinski definition) is 3. The van der Waals surface area contributed by atoms with E-state index in [0.29, 0.717) is 50.6 Å². The first-order valence-corrected chi connectivity index (χ1v) is 10.5. The van der Waals surface area contributed by atoms with E-state index in [1.807, 2.05) is 4.90 Å². The van der Waals surface area contributed by atoms with Crippen LogP contribution in [0.3, 0.4) is 0 Å². The van der Waals surface area contributed by atoms with Crippen LogP contribution in [0.4, 0.5) is 18.0 Å². The van der Waals surface area contributed by atoms with Gasteiger partial charge in [-0.15, -0.1) is 0 Å². The van der Waals surface area contributed by atoms with Gasteiger partial charge in [-0.1, -0.05) is 0 Å². The SMILES string of the molecule is Cn1nc(CC2CC3(C2)CN(C(=O)N2CC4(CCCC(=O)N4)C2)C3)cc1C(F)(F)F. The highest BCUT2D eigenvalue weighted by Gasteiger charge is 2.56. The van der Waals surface area contributed by atoms with Gasteiger partial charge in [0.2, 0.25) is 5.91 Å². The maximum absolute atomic E-state index is 12.9. The average Bonchev–Trinajstić information content (AvgIpc) is 2.93. The lowest BCUT2D eigenvalue weighted by atomic mass is 9.57. The van der Waals surface area contributed by atoms with Crippen LogP contribution in [0.15, 0.2) is 6.07 Å². The summed E-state index contributed by atoms with van der Waals surface area (Å²) >= 11 is 0. The summed E-state index contributed by atoms with van der Waals surface area (Å²) < 4.78 is 39.6. The molecule has 4 aliphatic rings. The Bertz CT molecular complexity index is 875. The van der Waals surface area contributed by atoms with Crippen LogP contribution in [0.5, 0.6) is 0 Å². The number of nitrogens with one attached hydrogen (secondary N) is 1. The number of piperidine rings is 1. The Balaban J connectivity index is 1.08. The van der Waals surface area contributed by atoms with Crippen molar-refractivity contribution in [2.45, 2.75) is 50.2 Å². The standard InChI is InChI=1S/C20H26F3N5O2/c1-26-15(20(21,22)23)6-14(25-26)5-13-7-18(8-13)9-27(10-18)17(30)28-11-19(12-28)4-2-3-16(29)24-19/h6,13H,2-5,7-12H2,1H3,(H,24,29). The van der Waals surface area contributed by atoms with Crippen molar-refractivity contribution in [3.05, 3.63) is 17.5 Å². The highest BCUT2D eigenvalue weighted by molar-refractivity contribution is 5.80. The van der Waals surface area contributed by atoms with Gasteiger partial charge in [0.15, 0.2) is 0 Å². The maximum atomic E-state index is 12.9. The summed E-state index contributed by atoms with van der Waals surface area (Å²) in [5, 5.41) is 7.06. The molecule has 1 aromatic heterocycles. The number of amides is 3. The molecule has 3 amide bonds. The van der Waals surface area contributed by atoms with Crippen molar-refractivity contribution in [1.82, 2.24) is 24.9 Å². The predicted octanol–water partition coefficient (Wildman–Crippen LogP) is 2.17. The molecule has 0 radical (unpaired) electrons. The number of rotatable bonds is 2. The summed E-state index contributed by atoms with van der Waals surface area (Å²) in [5.41, 5.74) is -0.317. The fourth-order valence-corrected chi connectivity index (χ4v) is 5.92. The molecular weight excluding hydrogens is 399 g/mol. The van der Waals surface area contributed by atoms with Crippen LogP contribution in [-0.2, 0) is 24.4 Å². The van der Waals surface area contributed by atoms with Crippen LogP contribution in [0.2, 0.25) is 0 Å². The van der Waals surface area contributed by atoms with E-state index >= 15 is 0 Å². The van der Waals surface area contributed by atoms with E-state index in [0.717, 1.165) is 36.4 Å². The fraction of sp³-hybridized carbons (Fsp3) is 0.750. The number of aryl methyl sites for hydroxylation is 1. The number of nitrogens with zero attached hydrogens (tertiary/aromatic N) is 4. The minimum absolute atomic E-state index is 0.0362. The maximum Gasteiger partial charge on any atom is 0.433 e. The summed E-state index contributed by atoms with van der Waals surface area (Å²) in [6.45, 7) is 2.61. The smallest absolute Gasteiger partial charge is 0.347 e. The van der Waals surface area contributed by atoms with Crippen LogP contribution in [0.1, 0.15) is 43.5 Å². The van der Waals surface area contributed by atoms with Crippen molar-refractivity contribution in [3.63, 3.8) is 0 Å². The second kappa shape index (κ2) is 6.37. The van der Waals surface area contributed by atoms with E-state index in [1.54, 1.807) is 4.90 Å². The Morgan fingerprint density at radius 3 is 2.50 bits per heavy atom. The Labute approximate surface area is 172 Å². The van der Waals surface area contributed by atoms with Crippen molar-refractivity contribution >= 4 is 11.9 Å². The lowest BCUT2D eigenvalue weighted by molar-refractivity contribution is -0.143. The average molecular weight is 425 g/mol. The predicted molar refractivity (Wildman–Crippen MR) is 100 cm³/mol. The third-order valence-electron chi connectivity index (χ3n) is 7.21. The molecule has 0 bridgehead atoms. The fourth-order valence-electron chi connectivity index (χ4n) is 5.92. The first-order chi connectivity index (χ1) is 14.1. The zero-order chi connectivity index (χ0) is 21.3. The van der Waals surface area contributed by atoms with Crippen LogP contribution < -0.4 is 5.32 Å². The number of halogens is 3. The third-order valence-corrected chi connectivity index (χ3v) is 7.21. The Kier molecular flexibility index (Phi) is 4.18. The van der Waals surface area contributed by atoms with Crippen molar-refractivity contribution in [1.29, 1.82) is 0 Å². The number of carbonyl (C=O) groups excluding carboxylic acids is 2. The number of alkyl halides is 3. The van der Waals surface area contributed by atoms with Gasteiger partial charge in [0.1, 0.15) is 5.69 Å². The molecule has 0 aromatic carbocycles. The zero-order valence-corrected chi connectivity index (χ0v) is 17.0. The molecule has 10 heteroatoms. The van der Waals surface area contributed by atoms with Crippen LogP contribution in [0, 0.1) is 11.3 Å². The van der Waals surface area contributed by atoms with Crippen molar-refractivity contribution in [2.75, 3.05) is 26.2 Å². The third kappa shape index (κ3) is 3.24.